The minimum absolute atomic E-state index is 0.0106. The third-order valence-corrected chi connectivity index (χ3v) is 5.69. The predicted octanol–water partition coefficient (Wildman–Crippen LogP) is 1.84. The van der Waals surface area contributed by atoms with Crippen molar-refractivity contribution in [2.75, 3.05) is 50.7 Å². The fourth-order valence-electron chi connectivity index (χ4n) is 4.04. The van der Waals surface area contributed by atoms with Crippen LogP contribution in [0.3, 0.4) is 0 Å². The van der Waals surface area contributed by atoms with Crippen molar-refractivity contribution in [3.05, 3.63) is 59.3 Å². The van der Waals surface area contributed by atoms with Gasteiger partial charge in [0.1, 0.15) is 11.9 Å². The zero-order valence-electron chi connectivity index (χ0n) is 16.5. The van der Waals surface area contributed by atoms with E-state index in [0.29, 0.717) is 44.1 Å². The Labute approximate surface area is 171 Å². The minimum Gasteiger partial charge on any atom is -0.352 e. The van der Waals surface area contributed by atoms with Gasteiger partial charge in [0.2, 0.25) is 0 Å². The average molecular weight is 390 g/mol. The van der Waals surface area contributed by atoms with Crippen LogP contribution in [-0.2, 0) is 13.0 Å². The molecule has 7 nitrogen and oxygen atoms in total. The highest BCUT2D eigenvalue weighted by Crippen LogP contribution is 2.19. The van der Waals surface area contributed by atoms with E-state index in [4.69, 9.17) is 0 Å². The molecular weight excluding hydrogens is 364 g/mol. The third kappa shape index (κ3) is 4.49. The first-order valence-electron chi connectivity index (χ1n) is 10.2. The number of pyridine rings is 1. The topological polar surface area (TPSA) is 75.5 Å². The van der Waals surface area contributed by atoms with Crippen LogP contribution >= 0.6 is 0 Å². The molecule has 0 aliphatic carbocycles. The molecule has 7 heteroatoms. The second-order valence-corrected chi connectivity index (χ2v) is 7.49. The number of amides is 2. The van der Waals surface area contributed by atoms with Crippen molar-refractivity contribution in [3.63, 3.8) is 0 Å². The molecule has 1 N–H and O–H groups in total. The number of hydrogen-bond donors (Lipinski definition) is 1. The van der Waals surface area contributed by atoms with E-state index in [2.05, 4.69) is 50.4 Å². The summed E-state index contributed by atoms with van der Waals surface area (Å²) in [4.78, 5) is 23.2. The largest absolute Gasteiger partial charge is 0.352 e. The number of piperazine rings is 1. The minimum atomic E-state index is -0.0106. The number of nitrogens with one attached hydrogen (secondary N) is 1. The molecule has 0 bridgehead atoms. The number of fused-ring (bicyclic) bond motifs is 1. The number of aromatic nitrogens is 1. The molecule has 2 amide bonds. The van der Waals surface area contributed by atoms with Gasteiger partial charge in [0.25, 0.3) is 0 Å². The van der Waals surface area contributed by atoms with E-state index in [9.17, 15) is 10.1 Å². The first-order valence-corrected chi connectivity index (χ1v) is 10.2. The maximum Gasteiger partial charge on any atom is 0.317 e. The van der Waals surface area contributed by atoms with Crippen LogP contribution in [0.2, 0.25) is 0 Å². The van der Waals surface area contributed by atoms with Gasteiger partial charge in [-0.05, 0) is 29.7 Å². The van der Waals surface area contributed by atoms with E-state index in [-0.39, 0.29) is 6.03 Å². The molecule has 0 saturated carbocycles. The lowest BCUT2D eigenvalue weighted by Crippen LogP contribution is -2.53. The molecule has 1 saturated heterocycles. The lowest BCUT2D eigenvalue weighted by atomic mass is 10.00. The molecule has 0 atom stereocenters. The van der Waals surface area contributed by atoms with Gasteiger partial charge in [-0.25, -0.2) is 9.78 Å². The number of nitrogens with zero attached hydrogens (tertiary/aromatic N) is 5. The molecule has 0 spiro atoms. The van der Waals surface area contributed by atoms with Gasteiger partial charge in [0.05, 0.1) is 5.56 Å². The summed E-state index contributed by atoms with van der Waals surface area (Å²) in [6.45, 7) is 6.13. The molecule has 29 heavy (non-hydrogen) atoms. The Balaban J connectivity index is 1.21. The monoisotopic (exact) mass is 390 g/mol. The van der Waals surface area contributed by atoms with E-state index < -0.39 is 0 Å². The zero-order valence-corrected chi connectivity index (χ0v) is 16.5. The number of hydrogen-bond acceptors (Lipinski definition) is 5. The standard InChI is InChI=1S/C22H26N6O/c23-16-19-6-3-8-24-21(19)27-12-14-28(15-13-27)22(29)25-9-11-26-10-7-18-4-1-2-5-20(18)17-26/h1-6,8H,7,9-15,17H2,(H,25,29). The summed E-state index contributed by atoms with van der Waals surface area (Å²) in [6.07, 6.45) is 2.78. The smallest absolute Gasteiger partial charge is 0.317 e. The molecule has 1 aromatic heterocycles. The lowest BCUT2D eigenvalue weighted by molar-refractivity contribution is 0.190. The van der Waals surface area contributed by atoms with Gasteiger partial charge in [-0.1, -0.05) is 24.3 Å². The van der Waals surface area contributed by atoms with Crippen molar-refractivity contribution in [3.8, 4) is 6.07 Å². The highest BCUT2D eigenvalue weighted by molar-refractivity contribution is 5.74. The van der Waals surface area contributed by atoms with Crippen LogP contribution in [0.4, 0.5) is 10.6 Å². The Morgan fingerprint density at radius 1 is 1.07 bits per heavy atom. The van der Waals surface area contributed by atoms with Crippen LogP contribution in [-0.4, -0.2) is 66.6 Å². The average Bonchev–Trinajstić information content (AvgIpc) is 2.79. The van der Waals surface area contributed by atoms with Crippen LogP contribution in [0.25, 0.3) is 0 Å². The summed E-state index contributed by atoms with van der Waals surface area (Å²) in [7, 11) is 0. The summed E-state index contributed by atoms with van der Waals surface area (Å²) in [5, 5.41) is 12.3. The molecule has 1 aromatic carbocycles. The van der Waals surface area contributed by atoms with Crippen LogP contribution in [0.1, 0.15) is 16.7 Å². The summed E-state index contributed by atoms with van der Waals surface area (Å²) in [6, 6.07) is 14.3. The lowest BCUT2D eigenvalue weighted by Gasteiger charge is -2.36. The van der Waals surface area contributed by atoms with E-state index in [1.54, 1.807) is 18.3 Å². The van der Waals surface area contributed by atoms with Gasteiger partial charge >= 0.3 is 6.03 Å². The Morgan fingerprint density at radius 3 is 2.66 bits per heavy atom. The van der Waals surface area contributed by atoms with Crippen molar-refractivity contribution < 1.29 is 4.79 Å². The van der Waals surface area contributed by atoms with Crippen molar-refractivity contribution >= 4 is 11.8 Å². The number of rotatable bonds is 4. The predicted molar refractivity (Wildman–Crippen MR) is 112 cm³/mol. The van der Waals surface area contributed by atoms with Crippen molar-refractivity contribution in [1.82, 2.24) is 20.1 Å². The highest BCUT2D eigenvalue weighted by atomic mass is 16.2. The number of carbonyl (C=O) groups is 1. The van der Waals surface area contributed by atoms with Crippen molar-refractivity contribution in [2.45, 2.75) is 13.0 Å². The van der Waals surface area contributed by atoms with Gasteiger partial charge in [-0.3, -0.25) is 4.90 Å². The molecule has 150 valence electrons. The maximum absolute atomic E-state index is 12.5. The van der Waals surface area contributed by atoms with Crippen LogP contribution in [0.15, 0.2) is 42.6 Å². The Hall–Kier alpha value is -3.11. The number of benzene rings is 1. The second kappa shape index (κ2) is 8.93. The highest BCUT2D eigenvalue weighted by Gasteiger charge is 2.23. The molecule has 4 rings (SSSR count). The SMILES string of the molecule is N#Cc1cccnc1N1CCN(C(=O)NCCN2CCc3ccccc3C2)CC1. The molecular formula is C22H26N6O. The summed E-state index contributed by atoms with van der Waals surface area (Å²) in [5.74, 6) is 0.709. The Bertz CT molecular complexity index is 900. The van der Waals surface area contributed by atoms with E-state index >= 15 is 0 Å². The van der Waals surface area contributed by atoms with Gasteiger partial charge in [0, 0.05) is 58.6 Å². The number of urea groups is 1. The first-order chi connectivity index (χ1) is 14.2. The van der Waals surface area contributed by atoms with Crippen LogP contribution in [0.5, 0.6) is 0 Å². The van der Waals surface area contributed by atoms with Gasteiger partial charge in [-0.15, -0.1) is 0 Å². The number of anilines is 1. The fourth-order valence-corrected chi connectivity index (χ4v) is 4.04. The van der Waals surface area contributed by atoms with E-state index in [1.807, 2.05) is 4.90 Å². The van der Waals surface area contributed by atoms with Crippen LogP contribution in [0, 0.1) is 11.3 Å². The van der Waals surface area contributed by atoms with Gasteiger partial charge < -0.3 is 15.1 Å². The summed E-state index contributed by atoms with van der Waals surface area (Å²) >= 11 is 0. The third-order valence-electron chi connectivity index (χ3n) is 5.69. The number of nitriles is 1. The molecule has 2 aliphatic rings. The van der Waals surface area contributed by atoms with Crippen molar-refractivity contribution in [2.24, 2.45) is 0 Å². The number of carbonyl (C=O) groups excluding carboxylic acids is 1. The summed E-state index contributed by atoms with van der Waals surface area (Å²) in [5.41, 5.74) is 3.42. The van der Waals surface area contributed by atoms with Crippen LogP contribution < -0.4 is 10.2 Å². The quantitative estimate of drug-likeness (QED) is 0.862. The maximum atomic E-state index is 12.5. The normalized spacial score (nSPS) is 16.8. The van der Waals surface area contributed by atoms with E-state index in [0.717, 1.165) is 26.1 Å². The first kappa shape index (κ1) is 19.2. The molecule has 2 aromatic rings. The summed E-state index contributed by atoms with van der Waals surface area (Å²) < 4.78 is 0. The Morgan fingerprint density at radius 2 is 1.86 bits per heavy atom. The van der Waals surface area contributed by atoms with Crippen molar-refractivity contribution in [1.29, 1.82) is 5.26 Å². The van der Waals surface area contributed by atoms with E-state index in [1.165, 1.54) is 11.1 Å². The van der Waals surface area contributed by atoms with Gasteiger partial charge in [-0.2, -0.15) is 5.26 Å². The molecule has 0 radical (unpaired) electrons. The molecule has 3 heterocycles. The molecule has 2 aliphatic heterocycles. The fraction of sp³-hybridized carbons (Fsp3) is 0.409. The molecule has 0 unspecified atom stereocenters. The van der Waals surface area contributed by atoms with Gasteiger partial charge in [0.15, 0.2) is 0 Å². The zero-order chi connectivity index (χ0) is 20.1. The molecule has 1 fully saturated rings. The Kier molecular flexibility index (Phi) is 5.92. The second-order valence-electron chi connectivity index (χ2n) is 7.49.